The maximum absolute atomic E-state index is 12.1. The first kappa shape index (κ1) is 15.8. The molecule has 1 saturated heterocycles. The number of esters is 1. The van der Waals surface area contributed by atoms with Crippen molar-refractivity contribution in [2.24, 2.45) is 0 Å². The van der Waals surface area contributed by atoms with Crippen LogP contribution in [0.5, 0.6) is 0 Å². The third-order valence-electron chi connectivity index (χ3n) is 4.38. The molecule has 0 aromatic heterocycles. The fourth-order valence-electron chi connectivity index (χ4n) is 2.98. The highest BCUT2D eigenvalue weighted by atomic mass is 16.5. The van der Waals surface area contributed by atoms with Crippen LogP contribution in [-0.4, -0.2) is 36.6 Å². The molecule has 0 saturated carbocycles. The van der Waals surface area contributed by atoms with Gasteiger partial charge in [-0.1, -0.05) is 48.5 Å². The summed E-state index contributed by atoms with van der Waals surface area (Å²) in [6.45, 7) is 3.07. The Labute approximate surface area is 137 Å². The Bertz CT molecular complexity index is 604. The molecule has 0 atom stereocenters. The van der Waals surface area contributed by atoms with Gasteiger partial charge in [-0.25, -0.2) is 4.79 Å². The molecule has 0 unspecified atom stereocenters. The fraction of sp³-hybridized carbons (Fsp3) is 0.350. The lowest BCUT2D eigenvalue weighted by molar-refractivity contribution is 0.0115. The van der Waals surface area contributed by atoms with Crippen LogP contribution in [0.2, 0.25) is 0 Å². The standard InChI is InChI=1S/C20H23NO2/c22-20(18-9-5-2-6-10-18)23-19-12-15-21(16-13-19)14-11-17-7-3-1-4-8-17/h1-10,19H,11-16H2. The van der Waals surface area contributed by atoms with Crippen LogP contribution in [0.1, 0.15) is 28.8 Å². The van der Waals surface area contributed by atoms with Gasteiger partial charge in [0.05, 0.1) is 5.56 Å². The molecule has 2 aromatic carbocycles. The summed E-state index contributed by atoms with van der Waals surface area (Å²) >= 11 is 0. The molecule has 0 spiro atoms. The van der Waals surface area contributed by atoms with Gasteiger partial charge in [-0.3, -0.25) is 0 Å². The number of hydrogen-bond acceptors (Lipinski definition) is 3. The first-order valence-electron chi connectivity index (χ1n) is 8.33. The van der Waals surface area contributed by atoms with E-state index in [0.717, 1.165) is 38.9 Å². The van der Waals surface area contributed by atoms with E-state index in [1.54, 1.807) is 12.1 Å². The summed E-state index contributed by atoms with van der Waals surface area (Å²) < 4.78 is 5.62. The normalized spacial score (nSPS) is 16.2. The van der Waals surface area contributed by atoms with Crippen molar-refractivity contribution in [3.8, 4) is 0 Å². The molecule has 0 radical (unpaired) electrons. The summed E-state index contributed by atoms with van der Waals surface area (Å²) in [6, 6.07) is 19.8. The van der Waals surface area contributed by atoms with E-state index in [0.29, 0.717) is 5.56 Å². The number of rotatable bonds is 5. The minimum absolute atomic E-state index is 0.0516. The molecule has 1 fully saturated rings. The van der Waals surface area contributed by atoms with Crippen LogP contribution in [-0.2, 0) is 11.2 Å². The van der Waals surface area contributed by atoms with E-state index in [4.69, 9.17) is 4.74 Å². The quantitative estimate of drug-likeness (QED) is 0.791. The first-order chi connectivity index (χ1) is 11.3. The van der Waals surface area contributed by atoms with Gasteiger partial charge in [-0.15, -0.1) is 0 Å². The van der Waals surface area contributed by atoms with Crippen molar-refractivity contribution >= 4 is 5.97 Å². The second-order valence-corrected chi connectivity index (χ2v) is 6.05. The van der Waals surface area contributed by atoms with Crippen LogP contribution in [0.15, 0.2) is 60.7 Å². The molecule has 23 heavy (non-hydrogen) atoms. The Hall–Kier alpha value is -2.13. The van der Waals surface area contributed by atoms with E-state index in [1.165, 1.54) is 5.56 Å². The molecule has 0 aliphatic carbocycles. The minimum Gasteiger partial charge on any atom is -0.459 e. The third kappa shape index (κ3) is 4.67. The average molecular weight is 309 g/mol. The molecule has 1 aliphatic heterocycles. The zero-order valence-electron chi connectivity index (χ0n) is 13.4. The highest BCUT2D eigenvalue weighted by Gasteiger charge is 2.22. The van der Waals surface area contributed by atoms with Crippen LogP contribution in [0.4, 0.5) is 0 Å². The smallest absolute Gasteiger partial charge is 0.338 e. The summed E-state index contributed by atoms with van der Waals surface area (Å²) in [5, 5.41) is 0. The number of carbonyl (C=O) groups is 1. The number of likely N-dealkylation sites (tertiary alicyclic amines) is 1. The topological polar surface area (TPSA) is 29.5 Å². The maximum Gasteiger partial charge on any atom is 0.338 e. The van der Waals surface area contributed by atoms with Gasteiger partial charge in [0, 0.05) is 19.6 Å². The molecular weight excluding hydrogens is 286 g/mol. The van der Waals surface area contributed by atoms with Crippen molar-refractivity contribution < 1.29 is 9.53 Å². The molecule has 3 rings (SSSR count). The van der Waals surface area contributed by atoms with Crippen molar-refractivity contribution in [1.82, 2.24) is 4.90 Å². The van der Waals surface area contributed by atoms with Gasteiger partial charge in [0.2, 0.25) is 0 Å². The molecule has 0 bridgehead atoms. The van der Waals surface area contributed by atoms with Crippen LogP contribution in [0, 0.1) is 0 Å². The zero-order valence-corrected chi connectivity index (χ0v) is 13.4. The summed E-state index contributed by atoms with van der Waals surface area (Å²) in [4.78, 5) is 14.5. The van der Waals surface area contributed by atoms with E-state index < -0.39 is 0 Å². The zero-order chi connectivity index (χ0) is 15.9. The monoisotopic (exact) mass is 309 g/mol. The Morgan fingerprint density at radius 2 is 1.57 bits per heavy atom. The molecule has 1 heterocycles. The van der Waals surface area contributed by atoms with Gasteiger partial charge in [0.25, 0.3) is 0 Å². The molecule has 0 N–H and O–H groups in total. The van der Waals surface area contributed by atoms with Crippen LogP contribution in [0.25, 0.3) is 0 Å². The predicted molar refractivity (Wildman–Crippen MR) is 91.5 cm³/mol. The molecule has 3 nitrogen and oxygen atoms in total. The molecule has 0 amide bonds. The van der Waals surface area contributed by atoms with Gasteiger partial charge >= 0.3 is 5.97 Å². The number of ether oxygens (including phenoxy) is 1. The Morgan fingerprint density at radius 1 is 0.957 bits per heavy atom. The molecule has 1 aliphatic rings. The van der Waals surface area contributed by atoms with Crippen molar-refractivity contribution in [3.05, 3.63) is 71.8 Å². The third-order valence-corrected chi connectivity index (χ3v) is 4.38. The molecule has 3 heteroatoms. The Balaban J connectivity index is 1.41. The fourth-order valence-corrected chi connectivity index (χ4v) is 2.98. The SMILES string of the molecule is O=C(OC1CCN(CCc2ccccc2)CC1)c1ccccc1. The van der Waals surface area contributed by atoms with Gasteiger partial charge in [0.15, 0.2) is 0 Å². The van der Waals surface area contributed by atoms with E-state index >= 15 is 0 Å². The number of carbonyl (C=O) groups excluding carboxylic acids is 1. The van der Waals surface area contributed by atoms with Gasteiger partial charge < -0.3 is 9.64 Å². The van der Waals surface area contributed by atoms with E-state index in [2.05, 4.69) is 35.2 Å². The van der Waals surface area contributed by atoms with E-state index in [9.17, 15) is 4.79 Å². The van der Waals surface area contributed by atoms with Crippen molar-refractivity contribution in [1.29, 1.82) is 0 Å². The summed E-state index contributed by atoms with van der Waals surface area (Å²) in [7, 11) is 0. The average Bonchev–Trinajstić information content (AvgIpc) is 2.63. The molecular formula is C20H23NO2. The van der Waals surface area contributed by atoms with Gasteiger partial charge in [0.1, 0.15) is 6.10 Å². The van der Waals surface area contributed by atoms with Crippen LogP contribution < -0.4 is 0 Å². The maximum atomic E-state index is 12.1. The number of piperidine rings is 1. The summed E-state index contributed by atoms with van der Waals surface area (Å²) in [5.41, 5.74) is 2.02. The Morgan fingerprint density at radius 3 is 2.22 bits per heavy atom. The lowest BCUT2D eigenvalue weighted by Gasteiger charge is -2.31. The van der Waals surface area contributed by atoms with Gasteiger partial charge in [-0.2, -0.15) is 0 Å². The second-order valence-electron chi connectivity index (χ2n) is 6.05. The minimum atomic E-state index is -0.201. The lowest BCUT2D eigenvalue weighted by atomic mass is 10.1. The highest BCUT2D eigenvalue weighted by molar-refractivity contribution is 5.89. The molecule has 2 aromatic rings. The summed E-state index contributed by atoms with van der Waals surface area (Å²) in [5.74, 6) is -0.201. The van der Waals surface area contributed by atoms with Crippen molar-refractivity contribution in [2.75, 3.05) is 19.6 Å². The van der Waals surface area contributed by atoms with Crippen molar-refractivity contribution in [2.45, 2.75) is 25.4 Å². The van der Waals surface area contributed by atoms with Crippen molar-refractivity contribution in [3.63, 3.8) is 0 Å². The van der Waals surface area contributed by atoms with Gasteiger partial charge in [-0.05, 0) is 37.0 Å². The Kier molecular flexibility index (Phi) is 5.43. The lowest BCUT2D eigenvalue weighted by Crippen LogP contribution is -2.38. The highest BCUT2D eigenvalue weighted by Crippen LogP contribution is 2.16. The van der Waals surface area contributed by atoms with E-state index in [-0.39, 0.29) is 12.1 Å². The first-order valence-corrected chi connectivity index (χ1v) is 8.33. The number of hydrogen-bond donors (Lipinski definition) is 0. The number of benzene rings is 2. The summed E-state index contributed by atoms with van der Waals surface area (Å²) in [6.07, 6.45) is 2.98. The molecule has 120 valence electrons. The largest absolute Gasteiger partial charge is 0.459 e. The van der Waals surface area contributed by atoms with E-state index in [1.807, 2.05) is 18.2 Å². The predicted octanol–water partition coefficient (Wildman–Crippen LogP) is 3.55. The number of nitrogens with zero attached hydrogens (tertiary/aromatic N) is 1. The van der Waals surface area contributed by atoms with Crippen LogP contribution >= 0.6 is 0 Å². The second kappa shape index (κ2) is 7.93. The van der Waals surface area contributed by atoms with Crippen LogP contribution in [0.3, 0.4) is 0 Å².